The molecule has 2 aromatic rings. The fourth-order valence-electron chi connectivity index (χ4n) is 2.39. The van der Waals surface area contributed by atoms with Gasteiger partial charge in [0, 0.05) is 26.3 Å². The minimum Gasteiger partial charge on any atom is -0.378 e. The van der Waals surface area contributed by atoms with E-state index in [2.05, 4.69) is 9.97 Å². The van der Waals surface area contributed by atoms with Gasteiger partial charge in [-0.05, 0) is 6.07 Å². The Morgan fingerprint density at radius 1 is 1.63 bits per heavy atom. The first-order valence-electron chi connectivity index (χ1n) is 6.04. The molecule has 0 saturated carbocycles. The normalized spacial score (nSPS) is 23.3. The number of fused-ring (bicyclic) bond motifs is 1. The first-order chi connectivity index (χ1) is 9.13. The molecule has 1 saturated heterocycles. The summed E-state index contributed by atoms with van der Waals surface area (Å²) in [6.07, 6.45) is 2.42. The molecular weight excluding hydrogens is 268 g/mol. The fraction of sp³-hybridized carbons (Fsp3) is 0.500. The lowest BCUT2D eigenvalue weighted by molar-refractivity contribution is -0.0284. The van der Waals surface area contributed by atoms with Gasteiger partial charge in [-0.15, -0.1) is 0 Å². The van der Waals surface area contributed by atoms with E-state index >= 15 is 0 Å². The highest BCUT2D eigenvalue weighted by Crippen LogP contribution is 2.28. The van der Waals surface area contributed by atoms with Gasteiger partial charge < -0.3 is 15.2 Å². The van der Waals surface area contributed by atoms with Crippen LogP contribution in [-0.4, -0.2) is 40.5 Å². The minimum absolute atomic E-state index is 0.358. The molecule has 1 aliphatic heterocycles. The number of hydrogen-bond acceptors (Lipinski definition) is 5. The molecule has 2 N–H and O–H groups in total. The second-order valence-electron chi connectivity index (χ2n) is 4.74. The molecule has 0 aromatic carbocycles. The van der Waals surface area contributed by atoms with Gasteiger partial charge in [0.1, 0.15) is 11.1 Å². The number of anilines is 1. The molecule has 2 aromatic heterocycles. The fourth-order valence-corrected chi connectivity index (χ4v) is 2.54. The molecule has 3 rings (SSSR count). The Morgan fingerprint density at radius 3 is 3.16 bits per heavy atom. The van der Waals surface area contributed by atoms with Crippen molar-refractivity contribution in [1.82, 2.24) is 14.5 Å². The van der Waals surface area contributed by atoms with E-state index in [0.717, 1.165) is 6.42 Å². The Bertz CT molecular complexity index is 607. The molecule has 0 amide bonds. The van der Waals surface area contributed by atoms with E-state index in [9.17, 15) is 0 Å². The van der Waals surface area contributed by atoms with E-state index in [4.69, 9.17) is 26.8 Å². The van der Waals surface area contributed by atoms with Gasteiger partial charge in [-0.25, -0.2) is 9.97 Å². The van der Waals surface area contributed by atoms with Gasteiger partial charge in [-0.2, -0.15) is 0 Å². The molecule has 0 bridgehead atoms. The van der Waals surface area contributed by atoms with Crippen molar-refractivity contribution in [2.24, 2.45) is 0 Å². The van der Waals surface area contributed by atoms with Crippen LogP contribution in [0, 0.1) is 0 Å². The van der Waals surface area contributed by atoms with Gasteiger partial charge in [0.2, 0.25) is 5.95 Å². The average Bonchev–Trinajstić information content (AvgIpc) is 2.96. The molecule has 102 valence electrons. The smallest absolute Gasteiger partial charge is 0.202 e. The molecule has 0 spiro atoms. The van der Waals surface area contributed by atoms with Crippen LogP contribution in [-0.2, 0) is 16.0 Å². The molecule has 0 radical (unpaired) electrons. The van der Waals surface area contributed by atoms with Crippen molar-refractivity contribution < 1.29 is 9.47 Å². The second-order valence-corrected chi connectivity index (χ2v) is 5.18. The molecule has 1 atom stereocenters. The van der Waals surface area contributed by atoms with Crippen molar-refractivity contribution in [2.45, 2.75) is 18.6 Å². The van der Waals surface area contributed by atoms with Crippen molar-refractivity contribution in [3.63, 3.8) is 0 Å². The van der Waals surface area contributed by atoms with Gasteiger partial charge >= 0.3 is 0 Å². The van der Waals surface area contributed by atoms with Gasteiger partial charge in [-0.1, -0.05) is 11.6 Å². The summed E-state index contributed by atoms with van der Waals surface area (Å²) in [5, 5.41) is 0.544. The van der Waals surface area contributed by atoms with Gasteiger partial charge in [0.05, 0.1) is 18.2 Å². The Hall–Kier alpha value is -1.37. The Labute approximate surface area is 115 Å². The van der Waals surface area contributed by atoms with E-state index in [1.54, 1.807) is 19.4 Å². The highest BCUT2D eigenvalue weighted by Gasteiger charge is 2.36. The third kappa shape index (κ3) is 2.16. The van der Waals surface area contributed by atoms with Gasteiger partial charge in [-0.3, -0.25) is 4.57 Å². The van der Waals surface area contributed by atoms with Gasteiger partial charge in [0.25, 0.3) is 0 Å². The maximum Gasteiger partial charge on any atom is 0.202 e. The standard InChI is InChI=1S/C12H15ClN4O2/c1-18-12(2-3-19-7-12)6-17-10-9(16-11(17)14)4-8(13)5-15-10/h4-5H,2-3,6-7H2,1H3,(H2,14,16). The van der Waals surface area contributed by atoms with Crippen molar-refractivity contribution in [1.29, 1.82) is 0 Å². The summed E-state index contributed by atoms with van der Waals surface area (Å²) in [5.41, 5.74) is 7.01. The van der Waals surface area contributed by atoms with Crippen LogP contribution in [0.15, 0.2) is 12.3 Å². The number of nitrogen functional groups attached to an aromatic ring is 1. The largest absolute Gasteiger partial charge is 0.378 e. The summed E-state index contributed by atoms with van der Waals surface area (Å²) in [7, 11) is 1.69. The van der Waals surface area contributed by atoms with E-state index in [1.807, 2.05) is 4.57 Å². The van der Waals surface area contributed by atoms with Crippen molar-refractivity contribution in [2.75, 3.05) is 26.1 Å². The van der Waals surface area contributed by atoms with Crippen LogP contribution in [0.2, 0.25) is 5.02 Å². The number of nitrogens with zero attached hydrogens (tertiary/aromatic N) is 3. The van der Waals surface area contributed by atoms with E-state index in [1.165, 1.54) is 0 Å². The maximum atomic E-state index is 5.97. The monoisotopic (exact) mass is 282 g/mol. The van der Waals surface area contributed by atoms with E-state index in [-0.39, 0.29) is 5.60 Å². The van der Waals surface area contributed by atoms with Crippen LogP contribution < -0.4 is 5.73 Å². The number of halogens is 1. The number of aromatic nitrogens is 3. The van der Waals surface area contributed by atoms with Crippen LogP contribution in [0.3, 0.4) is 0 Å². The first kappa shape index (κ1) is 12.7. The highest BCUT2D eigenvalue weighted by molar-refractivity contribution is 6.31. The van der Waals surface area contributed by atoms with Crippen molar-refractivity contribution in [3.05, 3.63) is 17.3 Å². The van der Waals surface area contributed by atoms with Crippen LogP contribution in [0.5, 0.6) is 0 Å². The number of methoxy groups -OCH3 is 1. The summed E-state index contributed by atoms with van der Waals surface area (Å²) in [4.78, 5) is 8.58. The first-order valence-corrected chi connectivity index (χ1v) is 6.41. The molecule has 6 nitrogen and oxygen atoms in total. The van der Waals surface area contributed by atoms with Crippen molar-refractivity contribution in [3.8, 4) is 0 Å². The maximum absolute atomic E-state index is 5.97. The quantitative estimate of drug-likeness (QED) is 0.923. The zero-order valence-electron chi connectivity index (χ0n) is 10.6. The lowest BCUT2D eigenvalue weighted by atomic mass is 10.0. The molecule has 3 heterocycles. The molecule has 1 unspecified atom stereocenters. The molecule has 19 heavy (non-hydrogen) atoms. The number of ether oxygens (including phenoxy) is 2. The second kappa shape index (κ2) is 4.63. The predicted octanol–water partition coefficient (Wildman–Crippen LogP) is 1.47. The number of rotatable bonds is 3. The van der Waals surface area contributed by atoms with E-state index in [0.29, 0.717) is 41.9 Å². The summed E-state index contributed by atoms with van der Waals surface area (Å²) in [5.74, 6) is 0.410. The Morgan fingerprint density at radius 2 is 2.47 bits per heavy atom. The van der Waals surface area contributed by atoms with Crippen LogP contribution in [0.4, 0.5) is 5.95 Å². The lowest BCUT2D eigenvalue weighted by Crippen LogP contribution is -2.37. The summed E-state index contributed by atoms with van der Waals surface area (Å²) < 4.78 is 12.9. The molecule has 1 fully saturated rings. The zero-order valence-corrected chi connectivity index (χ0v) is 11.4. The average molecular weight is 283 g/mol. The molecule has 0 aliphatic carbocycles. The summed E-state index contributed by atoms with van der Waals surface area (Å²) in [6.45, 7) is 1.82. The van der Waals surface area contributed by atoms with Crippen molar-refractivity contribution >= 4 is 28.7 Å². The van der Waals surface area contributed by atoms with Gasteiger partial charge in [0.15, 0.2) is 5.65 Å². The third-order valence-corrected chi connectivity index (χ3v) is 3.73. The summed E-state index contributed by atoms with van der Waals surface area (Å²) in [6, 6.07) is 1.75. The topological polar surface area (TPSA) is 75.2 Å². The Balaban J connectivity index is 2.02. The number of nitrogens with two attached hydrogens (primary N) is 1. The molecular formula is C12H15ClN4O2. The lowest BCUT2D eigenvalue weighted by Gasteiger charge is -2.26. The SMILES string of the molecule is COC1(Cn2c(N)nc3cc(Cl)cnc32)CCOC1. The zero-order chi connectivity index (χ0) is 13.5. The van der Waals surface area contributed by atoms with Crippen LogP contribution in [0.1, 0.15) is 6.42 Å². The predicted molar refractivity (Wildman–Crippen MR) is 72.1 cm³/mol. The number of hydrogen-bond donors (Lipinski definition) is 1. The minimum atomic E-state index is -0.358. The Kier molecular flexibility index (Phi) is 3.08. The van der Waals surface area contributed by atoms with Crippen LogP contribution in [0.25, 0.3) is 11.2 Å². The number of imidazole rings is 1. The van der Waals surface area contributed by atoms with E-state index < -0.39 is 0 Å². The number of pyridine rings is 1. The van der Waals surface area contributed by atoms with Crippen LogP contribution >= 0.6 is 11.6 Å². The molecule has 1 aliphatic rings. The summed E-state index contributed by atoms with van der Waals surface area (Å²) >= 11 is 5.91. The molecule has 7 heteroatoms. The highest BCUT2D eigenvalue weighted by atomic mass is 35.5. The third-order valence-electron chi connectivity index (χ3n) is 3.53.